The van der Waals surface area contributed by atoms with Gasteiger partial charge in [0.25, 0.3) is 0 Å². The van der Waals surface area contributed by atoms with Crippen molar-refractivity contribution in [2.75, 3.05) is 33.3 Å². The summed E-state index contributed by atoms with van der Waals surface area (Å²) in [4.78, 5) is 15.9. The van der Waals surface area contributed by atoms with E-state index in [1.165, 1.54) is 0 Å². The number of nitrogens with two attached hydrogens (primary N) is 1. The highest BCUT2D eigenvalue weighted by atomic mass is 16.5. The smallest absolute Gasteiger partial charge is 0.236 e. The summed E-state index contributed by atoms with van der Waals surface area (Å²) >= 11 is 0. The number of morpholine rings is 1. The van der Waals surface area contributed by atoms with Crippen LogP contribution in [0.5, 0.6) is 0 Å². The van der Waals surface area contributed by atoms with Gasteiger partial charge >= 0.3 is 0 Å². The van der Waals surface area contributed by atoms with Gasteiger partial charge in [0.1, 0.15) is 0 Å². The molecule has 1 aliphatic heterocycles. The van der Waals surface area contributed by atoms with E-state index in [9.17, 15) is 4.79 Å². The molecular weight excluding hydrogens is 218 g/mol. The van der Waals surface area contributed by atoms with Crippen LogP contribution in [0.4, 0.5) is 0 Å². The molecule has 0 radical (unpaired) electrons. The summed E-state index contributed by atoms with van der Waals surface area (Å²) in [6, 6.07) is 0.520. The third-order valence-corrected chi connectivity index (χ3v) is 3.40. The van der Waals surface area contributed by atoms with Crippen molar-refractivity contribution in [3.8, 4) is 0 Å². The molecule has 2 N–H and O–H groups in total. The van der Waals surface area contributed by atoms with Crippen LogP contribution in [-0.4, -0.2) is 67.2 Å². The number of carbonyl (C=O) groups is 1. The minimum absolute atomic E-state index is 0.0587. The lowest BCUT2D eigenvalue weighted by atomic mass is 10.2. The van der Waals surface area contributed by atoms with Gasteiger partial charge in [-0.05, 0) is 20.8 Å². The maximum atomic E-state index is 12.0. The SMILES string of the molecule is CC1COC(CN)CN1CC(=O)N(C)C(C)C. The lowest BCUT2D eigenvalue weighted by Gasteiger charge is -2.38. The summed E-state index contributed by atoms with van der Waals surface area (Å²) < 4.78 is 5.57. The average Bonchev–Trinajstić information content (AvgIpc) is 2.30. The molecule has 2 unspecified atom stereocenters. The zero-order chi connectivity index (χ0) is 13.0. The minimum Gasteiger partial charge on any atom is -0.374 e. The Balaban J connectivity index is 2.51. The number of ether oxygens (including phenoxy) is 1. The predicted molar refractivity (Wildman–Crippen MR) is 67.7 cm³/mol. The van der Waals surface area contributed by atoms with Gasteiger partial charge in [0.05, 0.1) is 19.3 Å². The van der Waals surface area contributed by atoms with Gasteiger partial charge in [-0.15, -0.1) is 0 Å². The summed E-state index contributed by atoms with van der Waals surface area (Å²) in [5.74, 6) is 0.157. The molecule has 1 saturated heterocycles. The lowest BCUT2D eigenvalue weighted by Crippen LogP contribution is -2.53. The van der Waals surface area contributed by atoms with E-state index in [-0.39, 0.29) is 24.1 Å². The Morgan fingerprint density at radius 1 is 1.59 bits per heavy atom. The molecule has 1 amide bonds. The monoisotopic (exact) mass is 243 g/mol. The number of amides is 1. The van der Waals surface area contributed by atoms with E-state index in [4.69, 9.17) is 10.5 Å². The van der Waals surface area contributed by atoms with Crippen molar-refractivity contribution in [3.05, 3.63) is 0 Å². The molecule has 1 aliphatic rings. The number of hydrogen-bond acceptors (Lipinski definition) is 4. The van der Waals surface area contributed by atoms with Crippen LogP contribution in [-0.2, 0) is 9.53 Å². The molecule has 100 valence electrons. The molecule has 5 heteroatoms. The van der Waals surface area contributed by atoms with E-state index in [1.54, 1.807) is 4.90 Å². The fourth-order valence-corrected chi connectivity index (χ4v) is 1.81. The fourth-order valence-electron chi connectivity index (χ4n) is 1.81. The van der Waals surface area contributed by atoms with Crippen molar-refractivity contribution in [2.24, 2.45) is 5.73 Å². The summed E-state index contributed by atoms with van der Waals surface area (Å²) in [5, 5.41) is 0. The number of rotatable bonds is 4. The van der Waals surface area contributed by atoms with Crippen LogP contribution in [0.2, 0.25) is 0 Å². The van der Waals surface area contributed by atoms with Gasteiger partial charge in [-0.2, -0.15) is 0 Å². The Kier molecular flexibility index (Phi) is 5.36. The molecule has 2 atom stereocenters. The van der Waals surface area contributed by atoms with E-state index in [0.29, 0.717) is 19.7 Å². The van der Waals surface area contributed by atoms with E-state index < -0.39 is 0 Å². The highest BCUT2D eigenvalue weighted by molar-refractivity contribution is 5.78. The van der Waals surface area contributed by atoms with Crippen LogP contribution in [0.15, 0.2) is 0 Å². The van der Waals surface area contributed by atoms with Gasteiger partial charge < -0.3 is 15.4 Å². The maximum absolute atomic E-state index is 12.0. The van der Waals surface area contributed by atoms with Crippen LogP contribution in [0.1, 0.15) is 20.8 Å². The Hall–Kier alpha value is -0.650. The number of hydrogen-bond donors (Lipinski definition) is 1. The van der Waals surface area contributed by atoms with Crippen molar-refractivity contribution in [3.63, 3.8) is 0 Å². The Labute approximate surface area is 104 Å². The Bertz CT molecular complexity index is 258. The highest BCUT2D eigenvalue weighted by Gasteiger charge is 2.27. The minimum atomic E-state index is 0.0587. The first-order valence-electron chi connectivity index (χ1n) is 6.27. The van der Waals surface area contributed by atoms with E-state index >= 15 is 0 Å². The van der Waals surface area contributed by atoms with E-state index in [1.807, 2.05) is 20.9 Å². The topological polar surface area (TPSA) is 58.8 Å². The average molecular weight is 243 g/mol. The maximum Gasteiger partial charge on any atom is 0.236 e. The number of carbonyl (C=O) groups excluding carboxylic acids is 1. The van der Waals surface area contributed by atoms with Crippen LogP contribution in [0.25, 0.3) is 0 Å². The molecule has 1 rings (SSSR count). The predicted octanol–water partition coefficient (Wildman–Crippen LogP) is -0.0988. The third-order valence-electron chi connectivity index (χ3n) is 3.40. The summed E-state index contributed by atoms with van der Waals surface area (Å²) in [6.07, 6.45) is 0.0587. The van der Waals surface area contributed by atoms with Gasteiger partial charge in [0.2, 0.25) is 5.91 Å². The largest absolute Gasteiger partial charge is 0.374 e. The van der Waals surface area contributed by atoms with Crippen LogP contribution in [0, 0.1) is 0 Å². The van der Waals surface area contributed by atoms with Crippen molar-refractivity contribution >= 4 is 5.91 Å². The molecule has 17 heavy (non-hydrogen) atoms. The van der Waals surface area contributed by atoms with E-state index in [2.05, 4.69) is 11.8 Å². The molecule has 0 spiro atoms. The Morgan fingerprint density at radius 3 is 2.76 bits per heavy atom. The first-order valence-corrected chi connectivity index (χ1v) is 6.27. The molecule has 1 heterocycles. The van der Waals surface area contributed by atoms with Gasteiger partial charge in [0, 0.05) is 32.2 Å². The van der Waals surface area contributed by atoms with Crippen molar-refractivity contribution in [1.29, 1.82) is 0 Å². The molecule has 0 saturated carbocycles. The Morgan fingerprint density at radius 2 is 2.24 bits per heavy atom. The second kappa shape index (κ2) is 6.33. The van der Waals surface area contributed by atoms with Crippen molar-refractivity contribution in [2.45, 2.75) is 39.0 Å². The van der Waals surface area contributed by atoms with Crippen LogP contribution in [0.3, 0.4) is 0 Å². The molecule has 0 aromatic carbocycles. The molecular formula is C12H25N3O2. The molecule has 1 fully saturated rings. The van der Waals surface area contributed by atoms with Gasteiger partial charge in [-0.25, -0.2) is 0 Å². The summed E-state index contributed by atoms with van der Waals surface area (Å²) in [6.45, 7) is 8.48. The standard InChI is InChI=1S/C12H25N3O2/c1-9(2)14(4)12(16)7-15-6-11(5-13)17-8-10(15)3/h9-11H,5-8,13H2,1-4H3. The van der Waals surface area contributed by atoms with Crippen molar-refractivity contribution < 1.29 is 9.53 Å². The van der Waals surface area contributed by atoms with Gasteiger partial charge in [-0.1, -0.05) is 0 Å². The third kappa shape index (κ3) is 3.94. The molecule has 0 aliphatic carbocycles. The van der Waals surface area contributed by atoms with Gasteiger partial charge in [-0.3, -0.25) is 9.69 Å². The van der Waals surface area contributed by atoms with E-state index in [0.717, 1.165) is 6.54 Å². The van der Waals surface area contributed by atoms with Crippen LogP contribution < -0.4 is 5.73 Å². The highest BCUT2D eigenvalue weighted by Crippen LogP contribution is 2.11. The summed E-state index contributed by atoms with van der Waals surface area (Å²) in [5.41, 5.74) is 5.60. The zero-order valence-electron chi connectivity index (χ0n) is 11.3. The molecule has 0 aromatic rings. The fraction of sp³-hybridized carbons (Fsp3) is 0.917. The first-order chi connectivity index (χ1) is 7.95. The second-order valence-electron chi connectivity index (χ2n) is 5.07. The van der Waals surface area contributed by atoms with Gasteiger partial charge in [0.15, 0.2) is 0 Å². The lowest BCUT2D eigenvalue weighted by molar-refractivity contribution is -0.136. The zero-order valence-corrected chi connectivity index (χ0v) is 11.3. The first kappa shape index (κ1) is 14.4. The number of nitrogens with zero attached hydrogens (tertiary/aromatic N) is 2. The quantitative estimate of drug-likeness (QED) is 0.749. The molecule has 5 nitrogen and oxygen atoms in total. The van der Waals surface area contributed by atoms with Crippen molar-refractivity contribution in [1.82, 2.24) is 9.80 Å². The second-order valence-corrected chi connectivity index (χ2v) is 5.07. The number of likely N-dealkylation sites (N-methyl/N-ethyl adjacent to an activating group) is 1. The summed E-state index contributed by atoms with van der Waals surface area (Å²) in [7, 11) is 1.85. The molecule has 0 aromatic heterocycles. The van der Waals surface area contributed by atoms with Crippen LogP contribution >= 0.6 is 0 Å². The molecule has 0 bridgehead atoms. The normalized spacial score (nSPS) is 26.2.